The van der Waals surface area contributed by atoms with Crippen LogP contribution in [0.4, 0.5) is 4.39 Å². The highest BCUT2D eigenvalue weighted by Gasteiger charge is 2.38. The Morgan fingerprint density at radius 1 is 1.07 bits per heavy atom. The molecule has 0 saturated heterocycles. The molecule has 28 heavy (non-hydrogen) atoms. The molecule has 1 aromatic carbocycles. The number of rotatable bonds is 3. The van der Waals surface area contributed by atoms with E-state index in [1.165, 1.54) is 43.4 Å². The minimum atomic E-state index is -0.232. The fourth-order valence-corrected chi connectivity index (χ4v) is 4.92. The summed E-state index contributed by atoms with van der Waals surface area (Å²) in [5.41, 5.74) is 5.04. The van der Waals surface area contributed by atoms with Crippen molar-refractivity contribution in [3.63, 3.8) is 0 Å². The maximum absolute atomic E-state index is 13.4. The number of aromatic nitrogens is 2. The third kappa shape index (κ3) is 3.28. The first-order chi connectivity index (χ1) is 13.8. The molecule has 0 spiro atoms. The number of allylic oxidation sites excluding steroid dienone is 1. The molecule has 2 aliphatic rings. The van der Waals surface area contributed by atoms with Crippen LogP contribution in [0.3, 0.4) is 0 Å². The normalized spacial score (nSPS) is 24.1. The van der Waals surface area contributed by atoms with Gasteiger partial charge in [0.05, 0.1) is 11.4 Å². The second kappa shape index (κ2) is 7.34. The number of halogens is 1. The number of benzene rings is 1. The minimum Gasteiger partial charge on any atom is -0.364 e. The summed E-state index contributed by atoms with van der Waals surface area (Å²) in [6.45, 7) is 0. The molecule has 0 bridgehead atoms. The molecule has 3 unspecified atom stereocenters. The Balaban J connectivity index is 1.39. The van der Waals surface area contributed by atoms with E-state index in [-0.39, 0.29) is 5.82 Å². The van der Waals surface area contributed by atoms with Gasteiger partial charge in [-0.15, -0.1) is 0 Å². The van der Waals surface area contributed by atoms with Crippen molar-refractivity contribution in [2.45, 2.75) is 38.0 Å². The molecular formula is C24H23FN2O. The summed E-state index contributed by atoms with van der Waals surface area (Å²) in [5.74, 6) is 1.45. The lowest BCUT2D eigenvalue weighted by molar-refractivity contribution is 0.200. The van der Waals surface area contributed by atoms with Crippen molar-refractivity contribution in [2.75, 3.05) is 0 Å². The number of pyridine rings is 1. The molecule has 0 N–H and O–H groups in total. The molecule has 3 nitrogen and oxygen atoms in total. The fourth-order valence-electron chi connectivity index (χ4n) is 4.92. The number of hydrogen-bond donors (Lipinski definition) is 0. The van der Waals surface area contributed by atoms with Crippen LogP contribution in [0.1, 0.15) is 48.6 Å². The minimum absolute atomic E-state index is 0.232. The van der Waals surface area contributed by atoms with E-state index in [9.17, 15) is 4.39 Å². The van der Waals surface area contributed by atoms with Crippen LogP contribution in [-0.2, 0) is 6.42 Å². The van der Waals surface area contributed by atoms with E-state index in [4.69, 9.17) is 4.52 Å². The van der Waals surface area contributed by atoms with Crippen LogP contribution < -0.4 is 0 Å². The van der Waals surface area contributed by atoms with Crippen LogP contribution in [-0.4, -0.2) is 10.1 Å². The molecule has 0 amide bonds. The Bertz CT molecular complexity index is 992. The first-order valence-corrected chi connectivity index (χ1v) is 10.1. The van der Waals surface area contributed by atoms with E-state index in [0.29, 0.717) is 11.8 Å². The zero-order chi connectivity index (χ0) is 18.9. The van der Waals surface area contributed by atoms with Crippen molar-refractivity contribution in [2.24, 2.45) is 11.8 Å². The zero-order valence-electron chi connectivity index (χ0n) is 15.7. The van der Waals surface area contributed by atoms with Crippen LogP contribution in [0, 0.1) is 17.7 Å². The zero-order valence-corrected chi connectivity index (χ0v) is 15.7. The third-order valence-corrected chi connectivity index (χ3v) is 6.32. The molecule has 1 saturated carbocycles. The van der Waals surface area contributed by atoms with Gasteiger partial charge >= 0.3 is 0 Å². The van der Waals surface area contributed by atoms with Crippen molar-refractivity contribution in [1.82, 2.24) is 10.1 Å². The topological polar surface area (TPSA) is 38.9 Å². The van der Waals surface area contributed by atoms with Gasteiger partial charge in [0, 0.05) is 23.2 Å². The summed E-state index contributed by atoms with van der Waals surface area (Å²) >= 11 is 0. The summed E-state index contributed by atoms with van der Waals surface area (Å²) in [6.07, 6.45) is 14.3. The SMILES string of the molecule is Fc1cccc(-c2ccc(/C=C/C3c4nocc4CC4CCCCC43)nc2)c1. The Kier molecular flexibility index (Phi) is 4.55. The maximum atomic E-state index is 13.4. The molecule has 1 fully saturated rings. The first-order valence-electron chi connectivity index (χ1n) is 10.1. The summed E-state index contributed by atoms with van der Waals surface area (Å²) < 4.78 is 18.7. The second-order valence-electron chi connectivity index (χ2n) is 8.00. The van der Waals surface area contributed by atoms with Crippen molar-refractivity contribution in [3.05, 3.63) is 77.7 Å². The number of fused-ring (bicyclic) bond motifs is 2. The lowest BCUT2D eigenvalue weighted by Gasteiger charge is -2.39. The smallest absolute Gasteiger partial charge is 0.127 e. The highest BCUT2D eigenvalue weighted by atomic mass is 19.1. The monoisotopic (exact) mass is 374 g/mol. The van der Waals surface area contributed by atoms with Gasteiger partial charge in [-0.1, -0.05) is 42.3 Å². The average Bonchev–Trinajstić information content (AvgIpc) is 3.20. The maximum Gasteiger partial charge on any atom is 0.127 e. The highest BCUT2D eigenvalue weighted by Crippen LogP contribution is 2.47. The van der Waals surface area contributed by atoms with Gasteiger partial charge in [0.2, 0.25) is 0 Å². The lowest BCUT2D eigenvalue weighted by atomic mass is 9.65. The predicted molar refractivity (Wildman–Crippen MR) is 107 cm³/mol. The predicted octanol–water partition coefficient (Wildman–Crippen LogP) is 6.04. The molecule has 3 aromatic rings. The standard InChI is InChI=1S/C24H23FN2O/c25-20-6-3-5-16(13-20)18-8-9-21(26-14-18)10-11-23-22-7-2-1-4-17(22)12-19-15-28-27-24(19)23/h3,5-6,8-11,13-15,17,22-23H,1-2,4,7,12H2/b11-10+. The summed E-state index contributed by atoms with van der Waals surface area (Å²) in [6, 6.07) is 10.6. The van der Waals surface area contributed by atoms with Crippen molar-refractivity contribution < 1.29 is 8.91 Å². The van der Waals surface area contributed by atoms with Gasteiger partial charge in [-0.3, -0.25) is 4.98 Å². The Morgan fingerprint density at radius 2 is 2.00 bits per heavy atom. The summed E-state index contributed by atoms with van der Waals surface area (Å²) in [7, 11) is 0. The van der Waals surface area contributed by atoms with Gasteiger partial charge < -0.3 is 4.52 Å². The quantitative estimate of drug-likeness (QED) is 0.561. The van der Waals surface area contributed by atoms with Gasteiger partial charge in [0.1, 0.15) is 12.1 Å². The molecule has 142 valence electrons. The van der Waals surface area contributed by atoms with Crippen molar-refractivity contribution in [1.29, 1.82) is 0 Å². The highest BCUT2D eigenvalue weighted by molar-refractivity contribution is 5.63. The Hall–Kier alpha value is -2.75. The molecule has 5 rings (SSSR count). The number of hydrogen-bond acceptors (Lipinski definition) is 3. The summed E-state index contributed by atoms with van der Waals surface area (Å²) in [4.78, 5) is 4.56. The second-order valence-corrected chi connectivity index (χ2v) is 8.00. The van der Waals surface area contributed by atoms with Crippen LogP contribution in [0.2, 0.25) is 0 Å². The fraction of sp³-hybridized carbons (Fsp3) is 0.333. The van der Waals surface area contributed by atoms with Gasteiger partial charge in [-0.25, -0.2) is 4.39 Å². The van der Waals surface area contributed by atoms with Crippen LogP contribution in [0.5, 0.6) is 0 Å². The van der Waals surface area contributed by atoms with Crippen LogP contribution in [0.25, 0.3) is 17.2 Å². The third-order valence-electron chi connectivity index (χ3n) is 6.32. The summed E-state index contributed by atoms with van der Waals surface area (Å²) in [5, 5.41) is 4.32. The van der Waals surface area contributed by atoms with Crippen LogP contribution in [0.15, 0.2) is 59.5 Å². The van der Waals surface area contributed by atoms with E-state index in [2.05, 4.69) is 22.3 Å². The average molecular weight is 374 g/mol. The molecule has 4 heteroatoms. The Labute approximate surface area is 164 Å². The van der Waals surface area contributed by atoms with E-state index >= 15 is 0 Å². The molecule has 2 aliphatic carbocycles. The van der Waals surface area contributed by atoms with E-state index < -0.39 is 0 Å². The van der Waals surface area contributed by atoms with Crippen molar-refractivity contribution in [3.8, 4) is 11.1 Å². The Morgan fingerprint density at radius 3 is 2.86 bits per heavy atom. The van der Waals surface area contributed by atoms with Gasteiger partial charge in [0.25, 0.3) is 0 Å². The molecule has 3 atom stereocenters. The molecule has 2 aromatic heterocycles. The molecule has 0 radical (unpaired) electrons. The van der Waals surface area contributed by atoms with Crippen LogP contribution >= 0.6 is 0 Å². The van der Waals surface area contributed by atoms with E-state index in [1.54, 1.807) is 12.3 Å². The van der Waals surface area contributed by atoms with Gasteiger partial charge in [-0.05, 0) is 60.9 Å². The first kappa shape index (κ1) is 17.4. The lowest BCUT2D eigenvalue weighted by Crippen LogP contribution is -2.31. The van der Waals surface area contributed by atoms with Gasteiger partial charge in [0.15, 0.2) is 0 Å². The largest absolute Gasteiger partial charge is 0.364 e. The van der Waals surface area contributed by atoms with Gasteiger partial charge in [-0.2, -0.15) is 0 Å². The molecule has 2 heterocycles. The van der Waals surface area contributed by atoms with E-state index in [1.807, 2.05) is 24.5 Å². The van der Waals surface area contributed by atoms with E-state index in [0.717, 1.165) is 34.9 Å². The molecular weight excluding hydrogens is 351 g/mol. The van der Waals surface area contributed by atoms with Crippen molar-refractivity contribution >= 4 is 6.08 Å². The molecule has 0 aliphatic heterocycles. The number of nitrogens with zero attached hydrogens (tertiary/aromatic N) is 2.